The fourth-order valence-corrected chi connectivity index (χ4v) is 2.34. The molecule has 0 spiro atoms. The Hall–Kier alpha value is -3.34. The van der Waals surface area contributed by atoms with Gasteiger partial charge in [0.15, 0.2) is 0 Å². The molecule has 0 aliphatic rings. The van der Waals surface area contributed by atoms with Crippen LogP contribution in [0.1, 0.15) is 17.5 Å². The summed E-state index contributed by atoms with van der Waals surface area (Å²) in [5, 5.41) is 8.67. The molecule has 2 N–H and O–H groups in total. The molecule has 140 valence electrons. The second-order valence-corrected chi connectivity index (χ2v) is 5.99. The summed E-state index contributed by atoms with van der Waals surface area (Å²) in [5.74, 6) is 0.178. The summed E-state index contributed by atoms with van der Waals surface area (Å²) in [5.41, 5.74) is 2.15. The molecular weight excluding hydrogens is 338 g/mol. The number of H-pyrrole nitrogens is 1. The Balaban J connectivity index is 0.000000451. The van der Waals surface area contributed by atoms with Crippen LogP contribution >= 0.6 is 0 Å². The highest BCUT2D eigenvalue weighted by atomic mass is 16.4. The van der Waals surface area contributed by atoms with Crippen molar-refractivity contribution in [2.75, 3.05) is 18.5 Å². The lowest BCUT2D eigenvalue weighted by atomic mass is 10.1. The van der Waals surface area contributed by atoms with E-state index < -0.39 is 5.97 Å². The van der Waals surface area contributed by atoms with Gasteiger partial charge in [-0.3, -0.25) is 4.79 Å². The van der Waals surface area contributed by atoms with Crippen molar-refractivity contribution >= 4 is 17.9 Å². The minimum absolute atomic E-state index is 0.171. The minimum Gasteiger partial charge on any atom is -0.481 e. The standard InChI is InChI=1S/C18H20N2O2.C4H5N/c1-20(17-6-2-3-13-19-17)14-4-5-15-7-9-16(10-8-15)11-12-18(21)22;1-2-4-5-3-1/h2-10,13H,11-12,14H2,1H3,(H,21,22);1-5H/b5-4+;. The Morgan fingerprint density at radius 3 is 2.41 bits per heavy atom. The molecule has 0 atom stereocenters. The molecule has 0 amide bonds. The van der Waals surface area contributed by atoms with Crippen LogP contribution in [0.3, 0.4) is 0 Å². The van der Waals surface area contributed by atoms with E-state index in [1.807, 2.05) is 74.0 Å². The second-order valence-electron chi connectivity index (χ2n) is 5.99. The maximum Gasteiger partial charge on any atom is 0.303 e. The van der Waals surface area contributed by atoms with Crippen molar-refractivity contribution in [2.24, 2.45) is 0 Å². The number of nitrogens with one attached hydrogen (secondary N) is 1. The van der Waals surface area contributed by atoms with Gasteiger partial charge in [0.05, 0.1) is 0 Å². The van der Waals surface area contributed by atoms with Crippen LogP contribution in [0.25, 0.3) is 6.08 Å². The molecule has 3 aromatic rings. The van der Waals surface area contributed by atoms with Crippen molar-refractivity contribution in [3.63, 3.8) is 0 Å². The summed E-state index contributed by atoms with van der Waals surface area (Å²) in [6.45, 7) is 0.776. The Bertz CT molecular complexity index is 780. The number of anilines is 1. The van der Waals surface area contributed by atoms with E-state index in [1.54, 1.807) is 6.20 Å². The number of pyridine rings is 1. The summed E-state index contributed by atoms with van der Waals surface area (Å²) in [6.07, 6.45) is 10.4. The summed E-state index contributed by atoms with van der Waals surface area (Å²) in [6, 6.07) is 17.7. The number of aromatic nitrogens is 2. The number of nitrogens with zero attached hydrogens (tertiary/aromatic N) is 2. The summed E-state index contributed by atoms with van der Waals surface area (Å²) in [4.78, 5) is 19.8. The number of likely N-dealkylation sites (N-methyl/N-ethyl adjacent to an activating group) is 1. The van der Waals surface area contributed by atoms with Crippen molar-refractivity contribution in [3.8, 4) is 0 Å². The number of hydrogen-bond donors (Lipinski definition) is 2. The number of carboxylic acid groups (broad SMARTS) is 1. The highest BCUT2D eigenvalue weighted by Crippen LogP contribution is 2.10. The molecular formula is C22H25N3O2. The topological polar surface area (TPSA) is 69.2 Å². The third kappa shape index (κ3) is 8.05. The molecule has 0 saturated carbocycles. The van der Waals surface area contributed by atoms with E-state index >= 15 is 0 Å². The molecule has 27 heavy (non-hydrogen) atoms. The van der Waals surface area contributed by atoms with E-state index in [2.05, 4.69) is 27.0 Å². The van der Waals surface area contributed by atoms with E-state index in [0.29, 0.717) is 6.42 Å². The Morgan fingerprint density at radius 2 is 1.85 bits per heavy atom. The lowest BCUT2D eigenvalue weighted by Crippen LogP contribution is -2.17. The zero-order chi connectivity index (χ0) is 19.3. The lowest BCUT2D eigenvalue weighted by molar-refractivity contribution is -0.136. The quantitative estimate of drug-likeness (QED) is 0.658. The highest BCUT2D eigenvalue weighted by Gasteiger charge is 1.99. The molecule has 5 heteroatoms. The van der Waals surface area contributed by atoms with Gasteiger partial charge in [-0.05, 0) is 41.8 Å². The Kier molecular flexibility index (Phi) is 8.37. The van der Waals surface area contributed by atoms with Crippen LogP contribution in [0.5, 0.6) is 0 Å². The first-order valence-corrected chi connectivity index (χ1v) is 8.82. The zero-order valence-electron chi connectivity index (χ0n) is 15.5. The van der Waals surface area contributed by atoms with Crippen LogP contribution < -0.4 is 4.90 Å². The van der Waals surface area contributed by atoms with Crippen molar-refractivity contribution < 1.29 is 9.90 Å². The van der Waals surface area contributed by atoms with Crippen LogP contribution in [0, 0.1) is 0 Å². The van der Waals surface area contributed by atoms with Crippen molar-refractivity contribution in [1.29, 1.82) is 0 Å². The number of carbonyl (C=O) groups is 1. The monoisotopic (exact) mass is 363 g/mol. The number of aliphatic carboxylic acids is 1. The van der Waals surface area contributed by atoms with Crippen molar-refractivity contribution in [2.45, 2.75) is 12.8 Å². The molecule has 5 nitrogen and oxygen atoms in total. The largest absolute Gasteiger partial charge is 0.481 e. The molecule has 0 bridgehead atoms. The summed E-state index contributed by atoms with van der Waals surface area (Å²) in [7, 11) is 2.00. The Labute approximate surface area is 160 Å². The maximum absolute atomic E-state index is 10.5. The third-order valence-corrected chi connectivity index (χ3v) is 3.83. The summed E-state index contributed by atoms with van der Waals surface area (Å²) < 4.78 is 0. The van der Waals surface area contributed by atoms with E-state index in [-0.39, 0.29) is 6.42 Å². The van der Waals surface area contributed by atoms with E-state index in [9.17, 15) is 4.79 Å². The third-order valence-electron chi connectivity index (χ3n) is 3.83. The molecule has 0 radical (unpaired) electrons. The fraction of sp³-hybridized carbons (Fsp3) is 0.182. The van der Waals surface area contributed by atoms with E-state index in [4.69, 9.17) is 5.11 Å². The highest BCUT2D eigenvalue weighted by molar-refractivity contribution is 5.67. The van der Waals surface area contributed by atoms with Gasteiger partial charge < -0.3 is 15.0 Å². The molecule has 1 aromatic carbocycles. The normalized spacial score (nSPS) is 10.3. The molecule has 0 saturated heterocycles. The fourth-order valence-electron chi connectivity index (χ4n) is 2.34. The summed E-state index contributed by atoms with van der Waals surface area (Å²) >= 11 is 0. The van der Waals surface area contributed by atoms with Crippen LogP contribution in [0.15, 0.2) is 79.3 Å². The van der Waals surface area contributed by atoms with Crippen LogP contribution in [0.4, 0.5) is 5.82 Å². The first-order chi connectivity index (χ1) is 13.1. The first kappa shape index (κ1) is 20.0. The predicted octanol–water partition coefficient (Wildman–Crippen LogP) is 4.26. The smallest absolute Gasteiger partial charge is 0.303 e. The first-order valence-electron chi connectivity index (χ1n) is 8.82. The van der Waals surface area contributed by atoms with Gasteiger partial charge in [0.2, 0.25) is 0 Å². The van der Waals surface area contributed by atoms with Crippen molar-refractivity contribution in [1.82, 2.24) is 9.97 Å². The van der Waals surface area contributed by atoms with E-state index in [1.165, 1.54) is 0 Å². The van der Waals surface area contributed by atoms with Crippen LogP contribution in [0.2, 0.25) is 0 Å². The molecule has 2 aromatic heterocycles. The number of aromatic amines is 1. The maximum atomic E-state index is 10.5. The number of carboxylic acids is 1. The van der Waals surface area contributed by atoms with Gasteiger partial charge in [-0.2, -0.15) is 0 Å². The van der Waals surface area contributed by atoms with Gasteiger partial charge in [0.25, 0.3) is 0 Å². The minimum atomic E-state index is -0.762. The number of rotatable bonds is 7. The number of hydrogen-bond acceptors (Lipinski definition) is 3. The van der Waals surface area contributed by atoms with Crippen LogP contribution in [-0.2, 0) is 11.2 Å². The zero-order valence-corrected chi connectivity index (χ0v) is 15.5. The van der Waals surface area contributed by atoms with Gasteiger partial charge in [-0.1, -0.05) is 42.5 Å². The van der Waals surface area contributed by atoms with Gasteiger partial charge in [-0.25, -0.2) is 4.98 Å². The predicted molar refractivity (Wildman–Crippen MR) is 110 cm³/mol. The Morgan fingerprint density at radius 1 is 1.11 bits per heavy atom. The molecule has 2 heterocycles. The van der Waals surface area contributed by atoms with Gasteiger partial charge in [-0.15, -0.1) is 0 Å². The molecule has 0 aliphatic carbocycles. The molecule has 0 aliphatic heterocycles. The van der Waals surface area contributed by atoms with Crippen molar-refractivity contribution in [3.05, 3.63) is 90.4 Å². The molecule has 0 unspecified atom stereocenters. The molecule has 3 rings (SSSR count). The number of aryl methyl sites for hydroxylation is 1. The van der Waals surface area contributed by atoms with Gasteiger partial charge in [0.1, 0.15) is 5.82 Å². The van der Waals surface area contributed by atoms with E-state index in [0.717, 1.165) is 23.5 Å². The average Bonchev–Trinajstić information content (AvgIpc) is 3.28. The number of benzene rings is 1. The average molecular weight is 363 g/mol. The lowest BCUT2D eigenvalue weighted by Gasteiger charge is -2.15. The van der Waals surface area contributed by atoms with Gasteiger partial charge in [0, 0.05) is 38.6 Å². The van der Waals surface area contributed by atoms with Crippen LogP contribution in [-0.4, -0.2) is 34.6 Å². The van der Waals surface area contributed by atoms with Gasteiger partial charge >= 0.3 is 5.97 Å². The molecule has 0 fully saturated rings. The second kappa shape index (κ2) is 11.3. The SMILES string of the molecule is CN(C/C=C/c1ccc(CCC(=O)O)cc1)c1ccccn1.c1cc[nH]c1.